The van der Waals surface area contributed by atoms with Gasteiger partial charge >= 0.3 is 5.97 Å². The molecule has 0 unspecified atom stereocenters. The van der Waals surface area contributed by atoms with Crippen molar-refractivity contribution in [2.75, 3.05) is 13.2 Å². The lowest BCUT2D eigenvalue weighted by atomic mass is 10.0. The van der Waals surface area contributed by atoms with Gasteiger partial charge < -0.3 is 19.9 Å². The minimum absolute atomic E-state index is 0.0832. The van der Waals surface area contributed by atoms with Crippen LogP contribution in [0.2, 0.25) is 0 Å². The second-order valence-corrected chi connectivity index (χ2v) is 6.76. The number of carbonyl (C=O) groups is 2. The van der Waals surface area contributed by atoms with E-state index in [1.807, 2.05) is 13.8 Å². The van der Waals surface area contributed by atoms with E-state index < -0.39 is 17.9 Å². The Labute approximate surface area is 156 Å². The molecule has 144 valence electrons. The Morgan fingerprint density at radius 2 is 1.96 bits per heavy atom. The maximum Gasteiger partial charge on any atom is 0.326 e. The number of fused-ring (bicyclic) bond motifs is 1. The number of carboxylic acids is 1. The number of carbonyl (C=O) groups excluding carboxylic acids is 1. The van der Waals surface area contributed by atoms with E-state index >= 15 is 0 Å². The SMILES string of the molecule is Cc1c(C(=O)N[C@H](CC(C)C)C(=O)O)nnn1-c1ccc2c(c1)OCCO2. The number of carboxylic acid groups (broad SMARTS) is 1. The number of hydrogen-bond acceptors (Lipinski definition) is 6. The highest BCUT2D eigenvalue weighted by atomic mass is 16.6. The molecular formula is C18H22N4O5. The molecular weight excluding hydrogens is 352 g/mol. The quantitative estimate of drug-likeness (QED) is 0.788. The van der Waals surface area contributed by atoms with Gasteiger partial charge in [-0.2, -0.15) is 0 Å². The second-order valence-electron chi connectivity index (χ2n) is 6.76. The lowest BCUT2D eigenvalue weighted by Crippen LogP contribution is -2.42. The van der Waals surface area contributed by atoms with Gasteiger partial charge in [0.05, 0.1) is 11.4 Å². The topological polar surface area (TPSA) is 116 Å². The molecule has 1 aliphatic rings. The van der Waals surface area contributed by atoms with Crippen molar-refractivity contribution in [2.45, 2.75) is 33.2 Å². The molecule has 1 atom stereocenters. The molecule has 0 saturated carbocycles. The summed E-state index contributed by atoms with van der Waals surface area (Å²) in [6.07, 6.45) is 0.330. The van der Waals surface area contributed by atoms with Crippen molar-refractivity contribution in [3.05, 3.63) is 29.6 Å². The molecule has 0 bridgehead atoms. The number of aliphatic carboxylic acids is 1. The van der Waals surface area contributed by atoms with E-state index in [0.717, 1.165) is 0 Å². The Hall–Kier alpha value is -3.10. The highest BCUT2D eigenvalue weighted by molar-refractivity contribution is 5.95. The number of amides is 1. The Morgan fingerprint density at radius 3 is 2.63 bits per heavy atom. The van der Waals surface area contributed by atoms with Gasteiger partial charge in [0.25, 0.3) is 5.91 Å². The van der Waals surface area contributed by atoms with Crippen LogP contribution in [0.25, 0.3) is 5.69 Å². The van der Waals surface area contributed by atoms with Gasteiger partial charge in [-0.25, -0.2) is 9.48 Å². The van der Waals surface area contributed by atoms with Crippen LogP contribution in [0.4, 0.5) is 0 Å². The minimum atomic E-state index is -1.08. The van der Waals surface area contributed by atoms with Crippen LogP contribution >= 0.6 is 0 Å². The van der Waals surface area contributed by atoms with E-state index in [4.69, 9.17) is 9.47 Å². The molecule has 3 rings (SSSR count). The molecule has 0 saturated heterocycles. The van der Waals surface area contributed by atoms with Crippen LogP contribution in [0.5, 0.6) is 11.5 Å². The van der Waals surface area contributed by atoms with Gasteiger partial charge in [-0.05, 0) is 31.4 Å². The average molecular weight is 374 g/mol. The van der Waals surface area contributed by atoms with Crippen LogP contribution in [0.15, 0.2) is 18.2 Å². The lowest BCUT2D eigenvalue weighted by molar-refractivity contribution is -0.139. The summed E-state index contributed by atoms with van der Waals surface area (Å²) in [5, 5.41) is 19.8. The summed E-state index contributed by atoms with van der Waals surface area (Å²) >= 11 is 0. The largest absolute Gasteiger partial charge is 0.486 e. The van der Waals surface area contributed by atoms with E-state index in [0.29, 0.717) is 42.5 Å². The molecule has 0 fully saturated rings. The molecule has 1 amide bonds. The van der Waals surface area contributed by atoms with Gasteiger partial charge in [0.15, 0.2) is 17.2 Å². The maximum absolute atomic E-state index is 12.5. The smallest absolute Gasteiger partial charge is 0.326 e. The molecule has 2 heterocycles. The van der Waals surface area contributed by atoms with Crippen molar-refractivity contribution in [2.24, 2.45) is 5.92 Å². The van der Waals surface area contributed by atoms with Crippen LogP contribution in [0, 0.1) is 12.8 Å². The lowest BCUT2D eigenvalue weighted by Gasteiger charge is -2.19. The number of nitrogens with zero attached hydrogens (tertiary/aromatic N) is 3. The molecule has 9 heteroatoms. The fourth-order valence-corrected chi connectivity index (χ4v) is 2.87. The van der Waals surface area contributed by atoms with E-state index in [9.17, 15) is 14.7 Å². The molecule has 1 aliphatic heterocycles. The number of ether oxygens (including phenoxy) is 2. The zero-order valence-electron chi connectivity index (χ0n) is 15.4. The van der Waals surface area contributed by atoms with E-state index in [1.54, 1.807) is 25.1 Å². The van der Waals surface area contributed by atoms with Gasteiger partial charge in [-0.15, -0.1) is 5.10 Å². The van der Waals surface area contributed by atoms with Crippen molar-refractivity contribution in [3.63, 3.8) is 0 Å². The summed E-state index contributed by atoms with van der Waals surface area (Å²) in [5.41, 5.74) is 1.25. The first-order valence-electron chi connectivity index (χ1n) is 8.72. The van der Waals surface area contributed by atoms with Gasteiger partial charge in [0.1, 0.15) is 19.3 Å². The Balaban J connectivity index is 1.82. The standard InChI is InChI=1S/C18H22N4O5/c1-10(2)8-13(18(24)25)19-17(23)16-11(3)22(21-20-16)12-4-5-14-15(9-12)27-7-6-26-14/h4-5,9-10,13H,6-8H2,1-3H3,(H,19,23)(H,24,25)/t13-/m1/s1. The zero-order valence-corrected chi connectivity index (χ0v) is 15.4. The van der Waals surface area contributed by atoms with Crippen molar-refractivity contribution < 1.29 is 24.2 Å². The normalized spacial score (nSPS) is 14.1. The number of aromatic nitrogens is 3. The molecule has 0 spiro atoms. The van der Waals surface area contributed by atoms with Gasteiger partial charge in [0.2, 0.25) is 0 Å². The first kappa shape index (κ1) is 18.7. The molecule has 0 aliphatic carbocycles. The molecule has 9 nitrogen and oxygen atoms in total. The second kappa shape index (κ2) is 7.65. The predicted octanol–water partition coefficient (Wildman–Crippen LogP) is 1.58. The predicted molar refractivity (Wildman–Crippen MR) is 95.4 cm³/mol. The van der Waals surface area contributed by atoms with E-state index in [2.05, 4.69) is 15.6 Å². The minimum Gasteiger partial charge on any atom is -0.486 e. The van der Waals surface area contributed by atoms with Crippen LogP contribution < -0.4 is 14.8 Å². The highest BCUT2D eigenvalue weighted by Gasteiger charge is 2.25. The Morgan fingerprint density at radius 1 is 1.26 bits per heavy atom. The summed E-state index contributed by atoms with van der Waals surface area (Å²) in [6.45, 7) is 6.45. The van der Waals surface area contributed by atoms with Crippen molar-refractivity contribution >= 4 is 11.9 Å². The number of nitrogens with one attached hydrogen (secondary N) is 1. The van der Waals surface area contributed by atoms with Crippen molar-refractivity contribution in [1.29, 1.82) is 0 Å². The van der Waals surface area contributed by atoms with Gasteiger partial charge in [-0.1, -0.05) is 19.1 Å². The molecule has 0 radical (unpaired) electrons. The molecule has 2 N–H and O–H groups in total. The Kier molecular flexibility index (Phi) is 5.29. The fourth-order valence-electron chi connectivity index (χ4n) is 2.87. The van der Waals surface area contributed by atoms with Gasteiger partial charge in [0, 0.05) is 6.07 Å². The van der Waals surface area contributed by atoms with Crippen LogP contribution in [0.1, 0.15) is 36.5 Å². The first-order valence-corrected chi connectivity index (χ1v) is 8.72. The van der Waals surface area contributed by atoms with Crippen LogP contribution in [-0.2, 0) is 4.79 Å². The molecule has 1 aromatic heterocycles. The zero-order chi connectivity index (χ0) is 19.6. The summed E-state index contributed by atoms with van der Waals surface area (Å²) in [5.74, 6) is -0.264. The van der Waals surface area contributed by atoms with E-state index in [-0.39, 0.29) is 11.6 Å². The first-order chi connectivity index (χ1) is 12.9. The summed E-state index contributed by atoms with van der Waals surface area (Å²) < 4.78 is 12.6. The van der Waals surface area contributed by atoms with Crippen molar-refractivity contribution in [3.8, 4) is 17.2 Å². The fraction of sp³-hybridized carbons (Fsp3) is 0.444. The molecule has 2 aromatic rings. The number of hydrogen-bond donors (Lipinski definition) is 2. The number of benzene rings is 1. The van der Waals surface area contributed by atoms with E-state index in [1.165, 1.54) is 4.68 Å². The third-order valence-electron chi connectivity index (χ3n) is 4.19. The summed E-state index contributed by atoms with van der Waals surface area (Å²) in [4.78, 5) is 23.9. The third kappa shape index (κ3) is 4.02. The third-order valence-corrected chi connectivity index (χ3v) is 4.19. The van der Waals surface area contributed by atoms with Crippen molar-refractivity contribution in [1.82, 2.24) is 20.3 Å². The molecule has 27 heavy (non-hydrogen) atoms. The summed E-state index contributed by atoms with van der Waals surface area (Å²) in [6, 6.07) is 4.34. The number of rotatable bonds is 6. The average Bonchev–Trinajstić information content (AvgIpc) is 3.01. The van der Waals surface area contributed by atoms with Crippen LogP contribution in [-0.4, -0.2) is 51.2 Å². The monoisotopic (exact) mass is 374 g/mol. The van der Waals surface area contributed by atoms with Gasteiger partial charge in [-0.3, -0.25) is 4.79 Å². The Bertz CT molecular complexity index is 861. The maximum atomic E-state index is 12.5. The highest BCUT2D eigenvalue weighted by Crippen LogP contribution is 2.32. The molecule has 1 aromatic carbocycles. The summed E-state index contributed by atoms with van der Waals surface area (Å²) in [7, 11) is 0. The van der Waals surface area contributed by atoms with Crippen LogP contribution in [0.3, 0.4) is 0 Å².